The first-order chi connectivity index (χ1) is 7.95. The lowest BCUT2D eigenvalue weighted by Crippen LogP contribution is -2.30. The molecule has 1 atom stereocenters. The normalized spacial score (nSPS) is 11.6. The van der Waals surface area contributed by atoms with Gasteiger partial charge in [-0.3, -0.25) is 4.79 Å². The van der Waals surface area contributed by atoms with Gasteiger partial charge in [0.1, 0.15) is 17.1 Å². The van der Waals surface area contributed by atoms with Crippen molar-refractivity contribution < 1.29 is 24.2 Å². The molecule has 0 fully saturated rings. The van der Waals surface area contributed by atoms with Gasteiger partial charge in [0.25, 0.3) is 5.91 Å². The standard InChI is InChI=1S/C11H13NO5/c1-6(10(12)14)17-11(15)8-5-7(16-2)3-4-9(8)13/h3-6,13H,1-2H3,(H2,12,14)/t6-/m1/s1. The summed E-state index contributed by atoms with van der Waals surface area (Å²) in [5.41, 5.74) is 4.87. The number of phenols is 1. The SMILES string of the molecule is COc1ccc(O)c(C(=O)O[C@H](C)C(N)=O)c1. The molecule has 0 bridgehead atoms. The molecule has 0 heterocycles. The average Bonchev–Trinajstić information content (AvgIpc) is 2.29. The van der Waals surface area contributed by atoms with Crippen LogP contribution in [0.3, 0.4) is 0 Å². The number of esters is 1. The van der Waals surface area contributed by atoms with Crippen LogP contribution in [-0.2, 0) is 9.53 Å². The van der Waals surface area contributed by atoms with Crippen LogP contribution < -0.4 is 10.5 Å². The Morgan fingerprint density at radius 3 is 2.59 bits per heavy atom. The van der Waals surface area contributed by atoms with E-state index in [0.717, 1.165) is 0 Å². The lowest BCUT2D eigenvalue weighted by molar-refractivity contribution is -0.125. The van der Waals surface area contributed by atoms with Gasteiger partial charge in [-0.2, -0.15) is 0 Å². The molecule has 1 aromatic carbocycles. The number of rotatable bonds is 4. The van der Waals surface area contributed by atoms with Crippen LogP contribution in [0.2, 0.25) is 0 Å². The number of carbonyl (C=O) groups is 2. The van der Waals surface area contributed by atoms with Crippen LogP contribution in [0, 0.1) is 0 Å². The predicted molar refractivity (Wildman–Crippen MR) is 58.7 cm³/mol. The molecule has 6 heteroatoms. The molecule has 0 aliphatic rings. The van der Waals surface area contributed by atoms with E-state index in [4.69, 9.17) is 15.2 Å². The second kappa shape index (κ2) is 5.20. The van der Waals surface area contributed by atoms with Gasteiger partial charge in [-0.25, -0.2) is 4.79 Å². The maximum Gasteiger partial charge on any atom is 0.342 e. The van der Waals surface area contributed by atoms with E-state index >= 15 is 0 Å². The maximum atomic E-state index is 11.6. The highest BCUT2D eigenvalue weighted by atomic mass is 16.5. The second-order valence-electron chi connectivity index (χ2n) is 3.33. The summed E-state index contributed by atoms with van der Waals surface area (Å²) in [7, 11) is 1.42. The number of methoxy groups -OCH3 is 1. The van der Waals surface area contributed by atoms with E-state index in [1.54, 1.807) is 0 Å². The minimum atomic E-state index is -1.06. The number of phenolic OH excluding ortho intramolecular Hbond substituents is 1. The van der Waals surface area contributed by atoms with Crippen molar-refractivity contribution in [1.82, 2.24) is 0 Å². The molecule has 3 N–H and O–H groups in total. The molecule has 17 heavy (non-hydrogen) atoms. The van der Waals surface area contributed by atoms with Gasteiger partial charge in [0, 0.05) is 0 Å². The van der Waals surface area contributed by atoms with Crippen molar-refractivity contribution in [2.24, 2.45) is 5.73 Å². The van der Waals surface area contributed by atoms with Gasteiger partial charge in [-0.05, 0) is 25.1 Å². The van der Waals surface area contributed by atoms with Crippen LogP contribution in [0.1, 0.15) is 17.3 Å². The maximum absolute atomic E-state index is 11.6. The average molecular weight is 239 g/mol. The zero-order valence-electron chi connectivity index (χ0n) is 9.47. The summed E-state index contributed by atoms with van der Waals surface area (Å²) < 4.78 is 9.65. The summed E-state index contributed by atoms with van der Waals surface area (Å²) in [5.74, 6) is -1.47. The monoisotopic (exact) mass is 239 g/mol. The Hall–Kier alpha value is -2.24. The molecule has 0 radical (unpaired) electrons. The fourth-order valence-corrected chi connectivity index (χ4v) is 1.09. The van der Waals surface area contributed by atoms with Crippen molar-refractivity contribution in [3.8, 4) is 11.5 Å². The van der Waals surface area contributed by atoms with Gasteiger partial charge in [0.05, 0.1) is 7.11 Å². The van der Waals surface area contributed by atoms with Crippen molar-refractivity contribution in [3.05, 3.63) is 23.8 Å². The van der Waals surface area contributed by atoms with Crippen molar-refractivity contribution >= 4 is 11.9 Å². The first-order valence-corrected chi connectivity index (χ1v) is 4.83. The highest BCUT2D eigenvalue weighted by molar-refractivity contribution is 5.94. The van der Waals surface area contributed by atoms with Crippen LogP contribution in [0.15, 0.2) is 18.2 Å². The minimum absolute atomic E-state index is 0.0857. The molecule has 0 spiro atoms. The Labute approximate surface area is 97.9 Å². The van der Waals surface area contributed by atoms with Crippen LogP contribution in [0.5, 0.6) is 11.5 Å². The predicted octanol–water partition coefficient (Wildman–Crippen LogP) is 0.431. The van der Waals surface area contributed by atoms with E-state index in [-0.39, 0.29) is 11.3 Å². The molecule has 6 nitrogen and oxygen atoms in total. The molecular formula is C11H13NO5. The van der Waals surface area contributed by atoms with Crippen LogP contribution in [-0.4, -0.2) is 30.2 Å². The lowest BCUT2D eigenvalue weighted by Gasteiger charge is -2.11. The van der Waals surface area contributed by atoms with Gasteiger partial charge in [0.15, 0.2) is 6.10 Å². The van der Waals surface area contributed by atoms with Crippen molar-refractivity contribution in [2.75, 3.05) is 7.11 Å². The topological polar surface area (TPSA) is 98.8 Å². The van der Waals surface area contributed by atoms with Gasteiger partial charge < -0.3 is 20.3 Å². The second-order valence-corrected chi connectivity index (χ2v) is 3.33. The molecule has 0 unspecified atom stereocenters. The molecule has 0 aliphatic carbocycles. The van der Waals surface area contributed by atoms with Crippen molar-refractivity contribution in [3.63, 3.8) is 0 Å². The van der Waals surface area contributed by atoms with E-state index in [0.29, 0.717) is 5.75 Å². The molecular weight excluding hydrogens is 226 g/mol. The Balaban J connectivity index is 2.91. The third-order valence-electron chi connectivity index (χ3n) is 2.11. The minimum Gasteiger partial charge on any atom is -0.507 e. The third kappa shape index (κ3) is 3.10. The fourth-order valence-electron chi connectivity index (χ4n) is 1.09. The van der Waals surface area contributed by atoms with E-state index in [2.05, 4.69) is 0 Å². The quantitative estimate of drug-likeness (QED) is 0.742. The van der Waals surface area contributed by atoms with Gasteiger partial charge in [-0.1, -0.05) is 0 Å². The Morgan fingerprint density at radius 2 is 2.06 bits per heavy atom. The summed E-state index contributed by atoms with van der Waals surface area (Å²) in [4.78, 5) is 22.3. The number of nitrogens with two attached hydrogens (primary N) is 1. The van der Waals surface area contributed by atoms with E-state index in [9.17, 15) is 14.7 Å². The number of hydrogen-bond donors (Lipinski definition) is 2. The molecule has 0 saturated carbocycles. The number of hydrogen-bond acceptors (Lipinski definition) is 5. The Bertz CT molecular complexity index is 443. The largest absolute Gasteiger partial charge is 0.507 e. The van der Waals surface area contributed by atoms with E-state index in [1.807, 2.05) is 0 Å². The smallest absolute Gasteiger partial charge is 0.342 e. The molecule has 0 aromatic heterocycles. The number of amides is 1. The summed E-state index contributed by atoms with van der Waals surface area (Å²) in [6.07, 6.45) is -1.06. The third-order valence-corrected chi connectivity index (χ3v) is 2.11. The van der Waals surface area contributed by atoms with Gasteiger partial charge >= 0.3 is 5.97 Å². The molecule has 1 amide bonds. The highest BCUT2D eigenvalue weighted by Crippen LogP contribution is 2.23. The zero-order chi connectivity index (χ0) is 13.0. The number of aromatic hydroxyl groups is 1. The number of benzene rings is 1. The van der Waals surface area contributed by atoms with Crippen LogP contribution >= 0.6 is 0 Å². The molecule has 0 aliphatic heterocycles. The Morgan fingerprint density at radius 1 is 1.41 bits per heavy atom. The summed E-state index contributed by atoms with van der Waals surface area (Å²) in [5, 5.41) is 9.48. The van der Waals surface area contributed by atoms with Gasteiger partial charge in [0.2, 0.25) is 0 Å². The summed E-state index contributed by atoms with van der Waals surface area (Å²) in [6.45, 7) is 1.34. The van der Waals surface area contributed by atoms with Gasteiger partial charge in [-0.15, -0.1) is 0 Å². The van der Waals surface area contributed by atoms with Crippen LogP contribution in [0.25, 0.3) is 0 Å². The lowest BCUT2D eigenvalue weighted by atomic mass is 10.2. The fraction of sp³-hybridized carbons (Fsp3) is 0.273. The molecule has 1 aromatic rings. The molecule has 1 rings (SSSR count). The highest BCUT2D eigenvalue weighted by Gasteiger charge is 2.19. The van der Waals surface area contributed by atoms with E-state index in [1.165, 1.54) is 32.2 Å². The number of carbonyl (C=O) groups excluding carboxylic acids is 2. The Kier molecular flexibility index (Phi) is 3.92. The summed E-state index contributed by atoms with van der Waals surface area (Å²) in [6, 6.07) is 4.10. The molecule has 0 saturated heterocycles. The van der Waals surface area contributed by atoms with Crippen molar-refractivity contribution in [2.45, 2.75) is 13.0 Å². The number of ether oxygens (including phenoxy) is 2. The van der Waals surface area contributed by atoms with Crippen LogP contribution in [0.4, 0.5) is 0 Å². The summed E-state index contributed by atoms with van der Waals surface area (Å²) >= 11 is 0. The first-order valence-electron chi connectivity index (χ1n) is 4.83. The first kappa shape index (κ1) is 12.8. The van der Waals surface area contributed by atoms with E-state index < -0.39 is 18.0 Å². The molecule has 92 valence electrons. The number of primary amides is 1. The van der Waals surface area contributed by atoms with Crippen molar-refractivity contribution in [1.29, 1.82) is 0 Å². The zero-order valence-corrected chi connectivity index (χ0v) is 9.47.